The number of carbonyl (C=O) groups excluding carboxylic acids is 3. The fourth-order valence-electron chi connectivity index (χ4n) is 8.66. The molecular weight excluding hydrogens is 993 g/mol. The number of aromatic nitrogens is 2. The molecule has 8 N–H and O–H groups in total. The van der Waals surface area contributed by atoms with E-state index < -0.39 is 120 Å². The number of carbonyl (C=O) groups is 3. The molecule has 0 amide bonds. The Hall–Kier alpha value is -3.17. The smallest absolute Gasteiger partial charge is 0.462 e. The van der Waals surface area contributed by atoms with Crippen LogP contribution in [0.4, 0.5) is 5.82 Å². The van der Waals surface area contributed by atoms with Crippen molar-refractivity contribution in [1.29, 1.82) is 0 Å². The Morgan fingerprint density at radius 3 is 2.05 bits per heavy atom. The summed E-state index contributed by atoms with van der Waals surface area (Å²) in [7, 11) is -11.3. The standard InChI is InChI=1S/C50H85N3O18P2/c1-3-5-7-8-9-10-11-12-13-14-15-16-17-18-23-27-45(57)66-34-38-35-67-72(62,63)71-73(64,65)68-36-43-48(60)47(59)39(30-29-37(54)25-21-6-4-2)41(55)33-42(56)40(26-22-19-20-24-28-46(58)69-38)49(70-43)53-32-31-44(51)52-50(53)61/h19,22,29-32,37-40,42-43,47-49,54,56,59-60H,3-18,20-21,23-28,33-36H2,1-2H3,(H,62,63)(H,64,65)(H2,51,52,61)/t37-,38+,39-,40-,42-,43+,47-,48+,49+/m0/s1. The third-order valence-electron chi connectivity index (χ3n) is 12.9. The van der Waals surface area contributed by atoms with Crippen LogP contribution >= 0.6 is 15.6 Å². The van der Waals surface area contributed by atoms with E-state index in [2.05, 4.69) is 16.2 Å². The number of ether oxygens (including phenoxy) is 3. The van der Waals surface area contributed by atoms with Crippen molar-refractivity contribution in [2.75, 3.05) is 25.6 Å². The maximum Gasteiger partial charge on any atom is 0.481 e. The first-order chi connectivity index (χ1) is 34.9. The number of aliphatic hydroxyl groups is 4. The van der Waals surface area contributed by atoms with Crippen LogP contribution in [-0.4, -0.2) is 114 Å². The molecule has 0 radical (unpaired) electrons. The number of nitrogens with zero attached hydrogens (tertiary/aromatic N) is 2. The van der Waals surface area contributed by atoms with E-state index in [0.717, 1.165) is 49.3 Å². The van der Waals surface area contributed by atoms with Gasteiger partial charge in [0.15, 0.2) is 6.10 Å². The summed E-state index contributed by atoms with van der Waals surface area (Å²) in [6, 6.07) is 1.23. The predicted octanol–water partition coefficient (Wildman–Crippen LogP) is 7.59. The maximum absolute atomic E-state index is 13.9. The largest absolute Gasteiger partial charge is 0.481 e. The van der Waals surface area contributed by atoms with Gasteiger partial charge in [0.25, 0.3) is 0 Å². The number of Topliss-reactive ketones (excluding diaryl/α,β-unsaturated/α-hetero) is 1. The molecule has 2 bridgehead atoms. The number of nitrogen functional groups attached to an aromatic ring is 1. The molecule has 1 saturated heterocycles. The highest BCUT2D eigenvalue weighted by molar-refractivity contribution is 7.61. The summed E-state index contributed by atoms with van der Waals surface area (Å²) in [6.07, 6.45) is 14.5. The van der Waals surface area contributed by atoms with E-state index in [-0.39, 0.29) is 37.9 Å². The number of allylic oxidation sites excluding steroid dienone is 2. The number of esters is 2. The van der Waals surface area contributed by atoms with Gasteiger partial charge >= 0.3 is 33.3 Å². The first kappa shape index (κ1) is 64.1. The van der Waals surface area contributed by atoms with Gasteiger partial charge in [0.2, 0.25) is 0 Å². The van der Waals surface area contributed by atoms with Crippen LogP contribution in [0.1, 0.15) is 181 Å². The molecule has 2 aliphatic heterocycles. The molecule has 3 rings (SSSR count). The van der Waals surface area contributed by atoms with Crippen LogP contribution < -0.4 is 11.4 Å². The Labute approximate surface area is 430 Å². The molecule has 0 saturated carbocycles. The van der Waals surface area contributed by atoms with Gasteiger partial charge in [-0.05, 0) is 38.2 Å². The molecule has 3 heterocycles. The summed E-state index contributed by atoms with van der Waals surface area (Å²) in [5, 5.41) is 45.7. The molecule has 0 aliphatic carbocycles. The van der Waals surface area contributed by atoms with Crippen LogP contribution in [0.25, 0.3) is 0 Å². The highest BCUT2D eigenvalue weighted by Gasteiger charge is 2.45. The van der Waals surface area contributed by atoms with Gasteiger partial charge in [-0.2, -0.15) is 9.29 Å². The van der Waals surface area contributed by atoms with E-state index in [9.17, 15) is 58.5 Å². The number of unbranched alkanes of at least 4 members (excludes halogenated alkanes) is 16. The number of phosphoric ester groups is 2. The second-order valence-electron chi connectivity index (χ2n) is 19.2. The van der Waals surface area contributed by atoms with Crippen LogP contribution in [-0.2, 0) is 51.1 Å². The minimum Gasteiger partial charge on any atom is -0.462 e. The Balaban J connectivity index is 1.76. The van der Waals surface area contributed by atoms with Crippen molar-refractivity contribution in [3.05, 3.63) is 47.1 Å². The molecule has 73 heavy (non-hydrogen) atoms. The molecule has 11 atom stereocenters. The van der Waals surface area contributed by atoms with Gasteiger partial charge in [-0.15, -0.1) is 0 Å². The number of phosphoric acid groups is 2. The van der Waals surface area contributed by atoms with Gasteiger partial charge < -0.3 is 50.2 Å². The van der Waals surface area contributed by atoms with Crippen molar-refractivity contribution in [3.8, 4) is 0 Å². The highest BCUT2D eigenvalue weighted by Crippen LogP contribution is 2.60. The van der Waals surface area contributed by atoms with E-state index in [1.54, 1.807) is 12.2 Å². The average Bonchev–Trinajstić information content (AvgIpc) is 3.33. The van der Waals surface area contributed by atoms with E-state index in [1.807, 2.05) is 6.92 Å². The number of ketones is 1. The zero-order valence-corrected chi connectivity index (χ0v) is 44.7. The zero-order chi connectivity index (χ0) is 53.7. The third-order valence-corrected chi connectivity index (χ3v) is 15.5. The van der Waals surface area contributed by atoms with Crippen molar-refractivity contribution in [1.82, 2.24) is 9.55 Å². The van der Waals surface area contributed by atoms with Crippen LogP contribution in [0.15, 0.2) is 41.4 Å². The van der Waals surface area contributed by atoms with E-state index in [1.165, 1.54) is 82.4 Å². The normalized spacial score (nSPS) is 28.9. The van der Waals surface area contributed by atoms with Crippen molar-refractivity contribution in [3.63, 3.8) is 0 Å². The number of anilines is 1. The second-order valence-corrected chi connectivity index (χ2v) is 22.2. The number of nitrogens with two attached hydrogens (primary N) is 1. The second kappa shape index (κ2) is 35.2. The van der Waals surface area contributed by atoms with Gasteiger partial charge in [-0.3, -0.25) is 28.0 Å². The molecule has 0 spiro atoms. The SMILES string of the molecule is CCCCCCCCCCCCCCCCCC(=O)OC[C@@H]1COP(=O)(O)OP(=O)(O)OC[C@H]2O[C@@H](n3ccc(N)nc3=O)[C@@H](CC=CCCCC(=O)O1)[C@@H](O)CC(=O)[C@H](C=C[C@@H](O)CCCCC)[C@H](O)[C@@H]2O. The molecule has 418 valence electrons. The van der Waals surface area contributed by atoms with Crippen molar-refractivity contribution >= 4 is 39.2 Å². The Kier molecular flexibility index (Phi) is 30.9. The summed E-state index contributed by atoms with van der Waals surface area (Å²) < 4.78 is 58.9. The number of cyclic esters (lactones) is 1. The van der Waals surface area contributed by atoms with E-state index >= 15 is 0 Å². The van der Waals surface area contributed by atoms with E-state index in [4.69, 9.17) is 29.0 Å². The number of aliphatic hydroxyl groups excluding tert-OH is 4. The zero-order valence-electron chi connectivity index (χ0n) is 42.9. The number of rotatable bonds is 25. The minimum absolute atomic E-state index is 0.0807. The molecule has 1 aromatic rings. The molecular formula is C50H85N3O18P2. The fourth-order valence-corrected chi connectivity index (χ4v) is 10.8. The highest BCUT2D eigenvalue weighted by atomic mass is 31.3. The van der Waals surface area contributed by atoms with Gasteiger partial charge in [0, 0.05) is 31.4 Å². The average molecular weight is 1080 g/mol. The minimum atomic E-state index is -5.72. The summed E-state index contributed by atoms with van der Waals surface area (Å²) >= 11 is 0. The van der Waals surface area contributed by atoms with E-state index in [0.29, 0.717) is 19.3 Å². The molecule has 2 aliphatic rings. The lowest BCUT2D eigenvalue weighted by Gasteiger charge is -2.39. The summed E-state index contributed by atoms with van der Waals surface area (Å²) in [5.41, 5.74) is 4.74. The van der Waals surface area contributed by atoms with Crippen LogP contribution in [0, 0.1) is 11.8 Å². The quantitative estimate of drug-likeness (QED) is 0.0214. The molecule has 1 aromatic heterocycles. The summed E-state index contributed by atoms with van der Waals surface area (Å²) in [5.74, 6) is -5.19. The molecule has 2 unspecified atom stereocenters. The number of fused-ring (bicyclic) bond motifs is 3. The van der Waals surface area contributed by atoms with Crippen LogP contribution in [0.2, 0.25) is 0 Å². The Bertz CT molecular complexity index is 1990. The lowest BCUT2D eigenvalue weighted by molar-refractivity contribution is -0.186. The summed E-state index contributed by atoms with van der Waals surface area (Å²) in [4.78, 5) is 78.0. The van der Waals surface area contributed by atoms with Gasteiger partial charge in [0.1, 0.15) is 36.6 Å². The lowest BCUT2D eigenvalue weighted by atomic mass is 9.83. The number of hydrogen-bond acceptors (Lipinski definition) is 18. The molecule has 23 heteroatoms. The predicted molar refractivity (Wildman–Crippen MR) is 271 cm³/mol. The molecule has 0 aromatic carbocycles. The van der Waals surface area contributed by atoms with Crippen molar-refractivity contribution < 1.29 is 81.3 Å². The number of hydrogen-bond donors (Lipinski definition) is 7. The Morgan fingerprint density at radius 1 is 0.849 bits per heavy atom. The third kappa shape index (κ3) is 26.0. The first-order valence-electron chi connectivity index (χ1n) is 26.5. The van der Waals surface area contributed by atoms with Crippen molar-refractivity contribution in [2.24, 2.45) is 11.8 Å². The molecule has 1 fully saturated rings. The first-order valence-corrected chi connectivity index (χ1v) is 29.4. The monoisotopic (exact) mass is 1080 g/mol. The lowest BCUT2D eigenvalue weighted by Crippen LogP contribution is -2.51. The van der Waals surface area contributed by atoms with Crippen LogP contribution in [0.5, 0.6) is 0 Å². The maximum atomic E-state index is 13.9. The fraction of sp³-hybridized carbons (Fsp3) is 0.780. The summed E-state index contributed by atoms with van der Waals surface area (Å²) in [6.45, 7) is 1.46. The van der Waals surface area contributed by atoms with Gasteiger partial charge in [0.05, 0.1) is 37.4 Å². The Morgan fingerprint density at radius 2 is 1.44 bits per heavy atom. The van der Waals surface area contributed by atoms with Gasteiger partial charge in [-0.25, -0.2) is 13.9 Å². The topological polar surface area (TPSA) is 323 Å². The van der Waals surface area contributed by atoms with Crippen LogP contribution in [0.3, 0.4) is 0 Å². The van der Waals surface area contributed by atoms with Crippen molar-refractivity contribution in [2.45, 2.75) is 217 Å². The van der Waals surface area contributed by atoms with Gasteiger partial charge in [-0.1, -0.05) is 147 Å². The molecule has 21 nitrogen and oxygen atoms in total.